The Labute approximate surface area is 230 Å². The highest BCUT2D eigenvalue weighted by Crippen LogP contribution is 2.48. The molecule has 0 radical (unpaired) electrons. The first kappa shape index (κ1) is 29.8. The van der Waals surface area contributed by atoms with Gasteiger partial charge in [0.25, 0.3) is 0 Å². The lowest BCUT2D eigenvalue weighted by Crippen LogP contribution is -2.40. The Bertz CT molecular complexity index is 1380. The van der Waals surface area contributed by atoms with Crippen molar-refractivity contribution < 1.29 is 37.4 Å². The fraction of sp³-hybridized carbons (Fsp3) is 0.520. The molecule has 1 unspecified atom stereocenters. The van der Waals surface area contributed by atoms with Crippen molar-refractivity contribution in [2.24, 2.45) is 5.41 Å². The van der Waals surface area contributed by atoms with Crippen LogP contribution in [0.15, 0.2) is 42.9 Å². The van der Waals surface area contributed by atoms with E-state index in [-0.39, 0.29) is 34.9 Å². The first-order valence-corrected chi connectivity index (χ1v) is 14.1. The zero-order valence-corrected chi connectivity index (χ0v) is 23.7. The van der Waals surface area contributed by atoms with Crippen LogP contribution in [0, 0.1) is 5.41 Å². The van der Waals surface area contributed by atoms with E-state index in [1.807, 2.05) is 20.8 Å². The predicted molar refractivity (Wildman–Crippen MR) is 142 cm³/mol. The van der Waals surface area contributed by atoms with Crippen LogP contribution in [0.2, 0.25) is 0 Å². The Hall–Kier alpha value is -3.16. The van der Waals surface area contributed by atoms with Gasteiger partial charge in [-0.1, -0.05) is 39.0 Å². The van der Waals surface area contributed by atoms with Crippen LogP contribution in [0.3, 0.4) is 0 Å². The number of ether oxygens (including phenoxy) is 2. The highest BCUT2D eigenvalue weighted by atomic mass is 31.2. The molecule has 3 aromatic rings. The van der Waals surface area contributed by atoms with Crippen molar-refractivity contribution in [2.75, 3.05) is 18.9 Å². The number of aliphatic hydroxyl groups excluding tert-OH is 1. The zero-order valence-electron chi connectivity index (χ0n) is 22.9. The molecule has 0 amide bonds. The fourth-order valence-corrected chi connectivity index (χ4v) is 5.51. The Balaban J connectivity index is 1.51. The molecule has 1 aliphatic heterocycles. The molecule has 1 saturated heterocycles. The van der Waals surface area contributed by atoms with Gasteiger partial charge in [0.15, 0.2) is 17.1 Å². The van der Waals surface area contributed by atoms with Gasteiger partial charge in [0, 0.05) is 0 Å². The molecule has 2 aromatic heterocycles. The topological polar surface area (TPSA) is 172 Å². The van der Waals surface area contributed by atoms with E-state index in [1.165, 1.54) is 24.0 Å². The van der Waals surface area contributed by atoms with Crippen molar-refractivity contribution in [3.63, 3.8) is 0 Å². The van der Waals surface area contributed by atoms with E-state index in [1.54, 1.807) is 30.3 Å². The highest BCUT2D eigenvalue weighted by molar-refractivity contribution is 7.52. The Morgan fingerprint density at radius 3 is 2.70 bits per heavy atom. The van der Waals surface area contributed by atoms with Gasteiger partial charge in [-0.25, -0.2) is 23.4 Å². The maximum absolute atomic E-state index is 15.9. The number of aliphatic hydroxyl groups is 1. The molecule has 3 heterocycles. The van der Waals surface area contributed by atoms with Crippen molar-refractivity contribution in [1.82, 2.24) is 24.7 Å². The lowest BCUT2D eigenvalue weighted by atomic mass is 9.93. The third-order valence-electron chi connectivity index (χ3n) is 6.11. The summed E-state index contributed by atoms with van der Waals surface area (Å²) in [5.74, 6) is -0.393. The van der Waals surface area contributed by atoms with Crippen molar-refractivity contribution in [3.05, 3.63) is 48.5 Å². The van der Waals surface area contributed by atoms with Crippen LogP contribution < -0.4 is 15.3 Å². The molecule has 1 aliphatic rings. The van der Waals surface area contributed by atoms with Gasteiger partial charge in [-0.2, -0.15) is 10.2 Å². The van der Waals surface area contributed by atoms with Crippen LogP contribution in [-0.4, -0.2) is 67.8 Å². The van der Waals surface area contributed by atoms with Gasteiger partial charge in [-0.3, -0.25) is 9.32 Å². The van der Waals surface area contributed by atoms with E-state index >= 15 is 4.39 Å². The summed E-state index contributed by atoms with van der Waals surface area (Å²) in [5.41, 5.74) is 3.62. The highest BCUT2D eigenvalue weighted by Gasteiger charge is 2.56. The molecule has 6 atom stereocenters. The smallest absolute Gasteiger partial charge is 0.459 e. The second-order valence-electron chi connectivity index (χ2n) is 10.9. The number of aromatic nitrogens is 4. The molecule has 15 heteroatoms. The molecule has 1 aromatic carbocycles. The summed E-state index contributed by atoms with van der Waals surface area (Å²) in [5, 5.41) is 17.4. The molecule has 1 fully saturated rings. The number of benzene rings is 1. The molecule has 0 saturated carbocycles. The molecule has 218 valence electrons. The monoisotopic (exact) mass is 580 g/mol. The minimum atomic E-state index is -4.28. The number of fused-ring (bicyclic) bond motifs is 1. The SMILES string of the molecule is C[C@H](NP(=O)(OC[C@H]1O[C@@H](c2cnc3c(N)ncnn23)[C@](C)(F)[C@@H]1O)Oc1ccccc1)C(=O)OCC(C)(C)C. The number of nitrogens with zero attached hydrogens (tertiary/aromatic N) is 4. The summed E-state index contributed by atoms with van der Waals surface area (Å²) in [6.45, 7) is 7.91. The van der Waals surface area contributed by atoms with E-state index in [2.05, 4.69) is 20.2 Å². The third kappa shape index (κ3) is 6.58. The number of anilines is 1. The number of nitrogens with one attached hydrogen (secondary N) is 1. The average molecular weight is 581 g/mol. The molecular formula is C25H34FN6O7P. The van der Waals surface area contributed by atoms with Crippen LogP contribution in [0.5, 0.6) is 5.75 Å². The van der Waals surface area contributed by atoms with Gasteiger partial charge in [0.2, 0.25) is 0 Å². The maximum atomic E-state index is 15.9. The van der Waals surface area contributed by atoms with Crippen LogP contribution in [-0.2, 0) is 23.4 Å². The largest absolute Gasteiger partial charge is 0.464 e. The number of imidazole rings is 1. The summed E-state index contributed by atoms with van der Waals surface area (Å²) < 4.78 is 53.3. The van der Waals surface area contributed by atoms with E-state index in [4.69, 9.17) is 24.3 Å². The number of carbonyl (C=O) groups is 1. The number of rotatable bonds is 10. The second-order valence-corrected chi connectivity index (χ2v) is 12.6. The molecule has 40 heavy (non-hydrogen) atoms. The lowest BCUT2D eigenvalue weighted by Gasteiger charge is -2.26. The Morgan fingerprint density at radius 2 is 2.02 bits per heavy atom. The summed E-state index contributed by atoms with van der Waals surface area (Å²) in [6, 6.07) is 7.07. The fourth-order valence-electron chi connectivity index (χ4n) is 4.01. The van der Waals surface area contributed by atoms with Crippen molar-refractivity contribution in [2.45, 2.75) is 64.6 Å². The van der Waals surface area contributed by atoms with Crippen LogP contribution in [0.1, 0.15) is 46.4 Å². The molecule has 13 nitrogen and oxygen atoms in total. The molecule has 0 bridgehead atoms. The number of hydrogen-bond acceptors (Lipinski definition) is 11. The summed E-state index contributed by atoms with van der Waals surface area (Å²) in [6.07, 6.45) is -1.78. The van der Waals surface area contributed by atoms with Gasteiger partial charge < -0.3 is 24.8 Å². The van der Waals surface area contributed by atoms with E-state index < -0.39 is 50.3 Å². The number of halogens is 1. The molecule has 0 spiro atoms. The average Bonchev–Trinajstić information content (AvgIpc) is 3.40. The second kappa shape index (κ2) is 11.4. The number of alkyl halides is 1. The normalized spacial score (nSPS) is 25.4. The van der Waals surface area contributed by atoms with Gasteiger partial charge >= 0.3 is 13.7 Å². The number of hydrogen-bond donors (Lipinski definition) is 3. The molecule has 4 rings (SSSR count). The van der Waals surface area contributed by atoms with Crippen LogP contribution in [0.25, 0.3) is 5.65 Å². The van der Waals surface area contributed by atoms with Gasteiger partial charge in [0.1, 0.15) is 36.4 Å². The number of esters is 1. The van der Waals surface area contributed by atoms with Crippen molar-refractivity contribution >= 4 is 25.2 Å². The Morgan fingerprint density at radius 1 is 1.32 bits per heavy atom. The number of nitrogen functional groups attached to an aromatic ring is 1. The zero-order chi connectivity index (χ0) is 29.3. The maximum Gasteiger partial charge on any atom is 0.459 e. The Kier molecular flexibility index (Phi) is 8.48. The molecule has 0 aliphatic carbocycles. The molecule has 4 N–H and O–H groups in total. The third-order valence-corrected chi connectivity index (χ3v) is 7.75. The van der Waals surface area contributed by atoms with Crippen LogP contribution >= 0.6 is 7.75 Å². The first-order chi connectivity index (χ1) is 18.7. The predicted octanol–water partition coefficient (Wildman–Crippen LogP) is 3.01. The van der Waals surface area contributed by atoms with Gasteiger partial charge in [0.05, 0.1) is 25.1 Å². The standard InChI is InChI=1S/C25H34FN6O7P/c1-15(23(34)36-13-24(2,3)4)31-40(35,39-16-9-7-6-8-10-16)37-12-18-19(33)25(5,26)20(38-18)17-11-28-22-21(27)29-14-30-32(17)22/h6-11,14-15,18-20,33H,12-13H2,1-5H3,(H,31,35)(H2,27,29,30)/t15-,18+,19+,20-,25+,40?/m0/s1. The van der Waals surface area contributed by atoms with Gasteiger partial charge in [-0.15, -0.1) is 0 Å². The summed E-state index contributed by atoms with van der Waals surface area (Å²) >= 11 is 0. The minimum absolute atomic E-state index is 0.0838. The van der Waals surface area contributed by atoms with Crippen molar-refractivity contribution in [1.29, 1.82) is 0 Å². The summed E-state index contributed by atoms with van der Waals surface area (Å²) in [7, 11) is -4.28. The first-order valence-electron chi connectivity index (χ1n) is 12.6. The van der Waals surface area contributed by atoms with Gasteiger partial charge in [-0.05, 0) is 31.4 Å². The van der Waals surface area contributed by atoms with Crippen LogP contribution in [0.4, 0.5) is 10.2 Å². The lowest BCUT2D eigenvalue weighted by molar-refractivity contribution is -0.148. The number of para-hydroxylation sites is 1. The number of nitrogens with two attached hydrogens (primary N) is 1. The van der Waals surface area contributed by atoms with E-state index in [9.17, 15) is 14.5 Å². The minimum Gasteiger partial charge on any atom is -0.464 e. The summed E-state index contributed by atoms with van der Waals surface area (Å²) in [4.78, 5) is 20.5. The van der Waals surface area contributed by atoms with E-state index in [0.717, 1.165) is 6.92 Å². The molecular weight excluding hydrogens is 546 g/mol. The van der Waals surface area contributed by atoms with Crippen molar-refractivity contribution in [3.8, 4) is 5.75 Å². The quantitative estimate of drug-likeness (QED) is 0.237. The number of carbonyl (C=O) groups excluding carboxylic acids is 1. The van der Waals surface area contributed by atoms with E-state index in [0.29, 0.717) is 0 Å².